The van der Waals surface area contributed by atoms with Gasteiger partial charge in [-0.25, -0.2) is 0 Å². The number of methoxy groups -OCH3 is 1. The number of aromatic nitrogens is 1. The summed E-state index contributed by atoms with van der Waals surface area (Å²) >= 11 is 9.67. The molecule has 1 N–H and O–H groups in total. The standard InChI is InChI=1S/C13H12BrClN2O2/c1-3-16-13(18)8-6-17-10-5-9(14)11(19-2)4-7(10)12(8)15/h4-6H,3H2,1-2H3,(H,16,18). The van der Waals surface area contributed by atoms with Gasteiger partial charge in [0.2, 0.25) is 0 Å². The quantitative estimate of drug-likeness (QED) is 0.929. The van der Waals surface area contributed by atoms with Gasteiger partial charge in [-0.2, -0.15) is 0 Å². The van der Waals surface area contributed by atoms with Crippen LogP contribution in [-0.2, 0) is 0 Å². The fourth-order valence-electron chi connectivity index (χ4n) is 1.73. The molecule has 1 aromatic heterocycles. The lowest BCUT2D eigenvalue weighted by atomic mass is 10.1. The monoisotopic (exact) mass is 342 g/mol. The number of fused-ring (bicyclic) bond motifs is 1. The second-order valence-corrected chi connectivity index (χ2v) is 5.08. The lowest BCUT2D eigenvalue weighted by molar-refractivity contribution is 0.0956. The zero-order chi connectivity index (χ0) is 14.0. The Kier molecular flexibility index (Phi) is 4.27. The first kappa shape index (κ1) is 14.1. The number of carbonyl (C=O) groups excluding carboxylic acids is 1. The van der Waals surface area contributed by atoms with E-state index in [4.69, 9.17) is 16.3 Å². The van der Waals surface area contributed by atoms with Gasteiger partial charge in [-0.05, 0) is 35.0 Å². The molecule has 2 rings (SSSR count). The lowest BCUT2D eigenvalue weighted by Crippen LogP contribution is -2.23. The molecule has 1 heterocycles. The molecule has 0 atom stereocenters. The van der Waals surface area contributed by atoms with E-state index in [0.29, 0.717) is 33.8 Å². The van der Waals surface area contributed by atoms with Gasteiger partial charge < -0.3 is 10.1 Å². The molecule has 0 unspecified atom stereocenters. The number of carbonyl (C=O) groups is 1. The molecule has 2 aromatic rings. The minimum absolute atomic E-state index is 0.233. The molecule has 1 aromatic carbocycles. The van der Waals surface area contributed by atoms with Crippen LogP contribution in [0.5, 0.6) is 5.75 Å². The molecule has 1 amide bonds. The number of hydrogen-bond acceptors (Lipinski definition) is 3. The summed E-state index contributed by atoms with van der Waals surface area (Å²) in [5, 5.41) is 3.77. The van der Waals surface area contributed by atoms with E-state index in [1.54, 1.807) is 13.2 Å². The maximum Gasteiger partial charge on any atom is 0.254 e. The Morgan fingerprint density at radius 2 is 2.26 bits per heavy atom. The molecule has 0 saturated carbocycles. The molecule has 0 spiro atoms. The highest BCUT2D eigenvalue weighted by atomic mass is 79.9. The van der Waals surface area contributed by atoms with Crippen LogP contribution in [0.4, 0.5) is 0 Å². The van der Waals surface area contributed by atoms with Gasteiger partial charge in [-0.1, -0.05) is 11.6 Å². The van der Waals surface area contributed by atoms with Gasteiger partial charge in [0, 0.05) is 18.1 Å². The lowest BCUT2D eigenvalue weighted by Gasteiger charge is -2.09. The topological polar surface area (TPSA) is 51.2 Å². The van der Waals surface area contributed by atoms with Gasteiger partial charge in [0.15, 0.2) is 0 Å². The Morgan fingerprint density at radius 1 is 1.53 bits per heavy atom. The molecule has 0 aliphatic carbocycles. The second-order valence-electron chi connectivity index (χ2n) is 3.85. The molecule has 0 saturated heterocycles. The third-order valence-electron chi connectivity index (χ3n) is 2.66. The number of halogens is 2. The molecule has 0 radical (unpaired) electrons. The van der Waals surface area contributed by atoms with Gasteiger partial charge in [0.1, 0.15) is 5.75 Å². The van der Waals surface area contributed by atoms with Crippen LogP contribution < -0.4 is 10.1 Å². The fraction of sp³-hybridized carbons (Fsp3) is 0.231. The molecule has 0 aliphatic heterocycles. The number of ether oxygens (including phenoxy) is 1. The van der Waals surface area contributed by atoms with Crippen molar-refractivity contribution in [2.75, 3.05) is 13.7 Å². The molecule has 0 fully saturated rings. The average molecular weight is 344 g/mol. The minimum Gasteiger partial charge on any atom is -0.496 e. The van der Waals surface area contributed by atoms with E-state index in [9.17, 15) is 4.79 Å². The summed E-state index contributed by atoms with van der Waals surface area (Å²) in [6.45, 7) is 2.39. The average Bonchev–Trinajstić information content (AvgIpc) is 2.38. The van der Waals surface area contributed by atoms with E-state index < -0.39 is 0 Å². The van der Waals surface area contributed by atoms with Gasteiger partial charge in [-0.3, -0.25) is 9.78 Å². The van der Waals surface area contributed by atoms with Crippen LogP contribution >= 0.6 is 27.5 Å². The highest BCUT2D eigenvalue weighted by Crippen LogP contribution is 2.34. The van der Waals surface area contributed by atoms with E-state index in [0.717, 1.165) is 4.47 Å². The normalized spacial score (nSPS) is 10.5. The van der Waals surface area contributed by atoms with Crippen LogP contribution in [-0.4, -0.2) is 24.5 Å². The summed E-state index contributed by atoms with van der Waals surface area (Å²) < 4.78 is 6.01. The summed E-state index contributed by atoms with van der Waals surface area (Å²) in [7, 11) is 1.57. The van der Waals surface area contributed by atoms with E-state index in [1.807, 2.05) is 13.0 Å². The first-order chi connectivity index (χ1) is 9.08. The van der Waals surface area contributed by atoms with Crippen molar-refractivity contribution >= 4 is 44.3 Å². The van der Waals surface area contributed by atoms with Crippen LogP contribution in [0.3, 0.4) is 0 Å². The Morgan fingerprint density at radius 3 is 2.89 bits per heavy atom. The summed E-state index contributed by atoms with van der Waals surface area (Å²) in [5.74, 6) is 0.410. The Balaban J connectivity index is 2.63. The van der Waals surface area contributed by atoms with Crippen LogP contribution in [0.2, 0.25) is 5.02 Å². The Hall–Kier alpha value is -1.33. The Bertz CT molecular complexity index is 646. The Labute approximate surface area is 124 Å². The molecule has 100 valence electrons. The molecular weight excluding hydrogens is 332 g/mol. The molecule has 0 bridgehead atoms. The summed E-state index contributed by atoms with van der Waals surface area (Å²) in [4.78, 5) is 16.1. The number of rotatable bonds is 3. The predicted molar refractivity (Wildman–Crippen MR) is 79.0 cm³/mol. The zero-order valence-corrected chi connectivity index (χ0v) is 12.8. The zero-order valence-electron chi connectivity index (χ0n) is 10.5. The van der Waals surface area contributed by atoms with Crippen molar-refractivity contribution in [3.05, 3.63) is 33.4 Å². The smallest absolute Gasteiger partial charge is 0.254 e. The van der Waals surface area contributed by atoms with E-state index in [1.165, 1.54) is 6.20 Å². The van der Waals surface area contributed by atoms with Gasteiger partial charge in [0.05, 0.1) is 27.7 Å². The third-order valence-corrected chi connectivity index (χ3v) is 3.68. The summed E-state index contributed by atoms with van der Waals surface area (Å²) in [6, 6.07) is 3.57. The van der Waals surface area contributed by atoms with Gasteiger partial charge >= 0.3 is 0 Å². The number of hydrogen-bond donors (Lipinski definition) is 1. The maximum atomic E-state index is 11.9. The van der Waals surface area contributed by atoms with Crippen molar-refractivity contribution in [2.24, 2.45) is 0 Å². The first-order valence-corrected chi connectivity index (χ1v) is 6.85. The summed E-state index contributed by atoms with van der Waals surface area (Å²) in [6.07, 6.45) is 1.48. The van der Waals surface area contributed by atoms with Crippen LogP contribution in [0.1, 0.15) is 17.3 Å². The minimum atomic E-state index is -0.233. The van der Waals surface area contributed by atoms with Crippen molar-refractivity contribution in [2.45, 2.75) is 6.92 Å². The van der Waals surface area contributed by atoms with E-state index >= 15 is 0 Å². The molecule has 19 heavy (non-hydrogen) atoms. The van der Waals surface area contributed by atoms with Crippen LogP contribution in [0.15, 0.2) is 22.8 Å². The SMILES string of the molecule is CCNC(=O)c1cnc2cc(Br)c(OC)cc2c1Cl. The predicted octanol–water partition coefficient (Wildman–Crippen LogP) is 3.41. The highest BCUT2D eigenvalue weighted by Gasteiger charge is 2.15. The molecule has 0 aliphatic rings. The third kappa shape index (κ3) is 2.67. The number of nitrogens with one attached hydrogen (secondary N) is 1. The van der Waals surface area contributed by atoms with Crippen molar-refractivity contribution in [1.29, 1.82) is 0 Å². The molecule has 4 nitrogen and oxygen atoms in total. The number of pyridine rings is 1. The molecular formula is C13H12BrClN2O2. The first-order valence-electron chi connectivity index (χ1n) is 5.68. The van der Waals surface area contributed by atoms with Crippen molar-refractivity contribution < 1.29 is 9.53 Å². The maximum absolute atomic E-state index is 11.9. The summed E-state index contributed by atoms with van der Waals surface area (Å²) in [5.41, 5.74) is 1.06. The number of nitrogens with zero attached hydrogens (tertiary/aromatic N) is 1. The van der Waals surface area contributed by atoms with Crippen LogP contribution in [0.25, 0.3) is 10.9 Å². The largest absolute Gasteiger partial charge is 0.496 e. The molecule has 6 heteroatoms. The van der Waals surface area contributed by atoms with Gasteiger partial charge in [0.25, 0.3) is 5.91 Å². The van der Waals surface area contributed by atoms with E-state index in [2.05, 4.69) is 26.2 Å². The van der Waals surface area contributed by atoms with E-state index in [-0.39, 0.29) is 5.91 Å². The fourth-order valence-corrected chi connectivity index (χ4v) is 2.51. The second kappa shape index (κ2) is 5.75. The van der Waals surface area contributed by atoms with Crippen molar-refractivity contribution in [3.63, 3.8) is 0 Å². The van der Waals surface area contributed by atoms with Crippen molar-refractivity contribution in [1.82, 2.24) is 10.3 Å². The number of benzene rings is 1. The van der Waals surface area contributed by atoms with Crippen LogP contribution in [0, 0.1) is 0 Å². The highest BCUT2D eigenvalue weighted by molar-refractivity contribution is 9.10. The number of amides is 1. The van der Waals surface area contributed by atoms with Crippen molar-refractivity contribution in [3.8, 4) is 5.75 Å². The van der Waals surface area contributed by atoms with Gasteiger partial charge in [-0.15, -0.1) is 0 Å².